The van der Waals surface area contributed by atoms with E-state index in [0.717, 1.165) is 12.8 Å². The standard InChI is InChI=1S/C12H14ClN5O2/c1-6-9(13)10(16-15-6)12(19)18(2)5-8-14-11(20-17-8)7-3-4-7/h7H,3-5H2,1-2H3,(H,15,16). The van der Waals surface area contributed by atoms with Gasteiger partial charge in [-0.05, 0) is 19.8 Å². The van der Waals surface area contributed by atoms with Crippen molar-refractivity contribution >= 4 is 17.5 Å². The van der Waals surface area contributed by atoms with Gasteiger partial charge < -0.3 is 9.42 Å². The fraction of sp³-hybridized carbons (Fsp3) is 0.500. The molecule has 2 heterocycles. The summed E-state index contributed by atoms with van der Waals surface area (Å²) in [4.78, 5) is 18.0. The number of aryl methyl sites for hydroxylation is 1. The monoisotopic (exact) mass is 295 g/mol. The number of hydrogen-bond donors (Lipinski definition) is 1. The van der Waals surface area contributed by atoms with Crippen molar-refractivity contribution in [2.75, 3.05) is 7.05 Å². The van der Waals surface area contributed by atoms with Gasteiger partial charge in [-0.15, -0.1) is 0 Å². The summed E-state index contributed by atoms with van der Waals surface area (Å²) in [5.41, 5.74) is 0.872. The highest BCUT2D eigenvalue weighted by atomic mass is 35.5. The van der Waals surface area contributed by atoms with Crippen molar-refractivity contribution < 1.29 is 9.32 Å². The number of nitrogens with one attached hydrogen (secondary N) is 1. The summed E-state index contributed by atoms with van der Waals surface area (Å²) < 4.78 is 5.16. The molecule has 0 aromatic carbocycles. The number of aromatic amines is 1. The number of halogens is 1. The highest BCUT2D eigenvalue weighted by molar-refractivity contribution is 6.34. The van der Waals surface area contributed by atoms with E-state index in [1.165, 1.54) is 4.90 Å². The van der Waals surface area contributed by atoms with E-state index >= 15 is 0 Å². The van der Waals surface area contributed by atoms with Crippen LogP contribution in [0, 0.1) is 6.92 Å². The van der Waals surface area contributed by atoms with E-state index in [9.17, 15) is 4.79 Å². The Hall–Kier alpha value is -1.89. The maximum absolute atomic E-state index is 12.2. The van der Waals surface area contributed by atoms with Gasteiger partial charge >= 0.3 is 0 Å². The van der Waals surface area contributed by atoms with Gasteiger partial charge in [-0.2, -0.15) is 10.1 Å². The van der Waals surface area contributed by atoms with Crippen LogP contribution in [-0.2, 0) is 6.54 Å². The van der Waals surface area contributed by atoms with Crippen molar-refractivity contribution in [2.24, 2.45) is 0 Å². The first-order valence-corrected chi connectivity index (χ1v) is 6.72. The van der Waals surface area contributed by atoms with Crippen molar-refractivity contribution in [1.82, 2.24) is 25.2 Å². The van der Waals surface area contributed by atoms with Crippen LogP contribution in [0.15, 0.2) is 4.52 Å². The molecule has 1 aliphatic carbocycles. The molecule has 0 spiro atoms. The molecule has 2 aromatic heterocycles. The first kappa shape index (κ1) is 13.1. The molecule has 1 saturated carbocycles. The zero-order chi connectivity index (χ0) is 14.3. The van der Waals surface area contributed by atoms with Crippen molar-refractivity contribution in [3.63, 3.8) is 0 Å². The van der Waals surface area contributed by atoms with E-state index in [4.69, 9.17) is 16.1 Å². The number of nitrogens with zero attached hydrogens (tertiary/aromatic N) is 4. The molecule has 1 N–H and O–H groups in total. The molecule has 1 fully saturated rings. The molecule has 0 radical (unpaired) electrons. The van der Waals surface area contributed by atoms with Gasteiger partial charge in [0.15, 0.2) is 11.5 Å². The first-order valence-electron chi connectivity index (χ1n) is 6.34. The minimum absolute atomic E-state index is 0.206. The summed E-state index contributed by atoms with van der Waals surface area (Å²) in [7, 11) is 1.65. The minimum atomic E-state index is -0.280. The lowest BCUT2D eigenvalue weighted by Gasteiger charge is -2.13. The smallest absolute Gasteiger partial charge is 0.276 e. The predicted octanol–water partition coefficient (Wildman–Crippen LogP) is 1.90. The summed E-state index contributed by atoms with van der Waals surface area (Å²) in [6.45, 7) is 2.02. The Morgan fingerprint density at radius 3 is 2.90 bits per heavy atom. The Morgan fingerprint density at radius 1 is 1.55 bits per heavy atom. The van der Waals surface area contributed by atoms with Crippen LogP contribution in [0.1, 0.15) is 46.7 Å². The van der Waals surface area contributed by atoms with Gasteiger partial charge in [-0.25, -0.2) is 0 Å². The highest BCUT2D eigenvalue weighted by Gasteiger charge is 2.30. The Morgan fingerprint density at radius 2 is 2.30 bits per heavy atom. The van der Waals surface area contributed by atoms with Crippen molar-refractivity contribution in [1.29, 1.82) is 0 Å². The number of carbonyl (C=O) groups is 1. The van der Waals surface area contributed by atoms with E-state index in [1.54, 1.807) is 14.0 Å². The largest absolute Gasteiger partial charge is 0.339 e. The second-order valence-corrected chi connectivity index (χ2v) is 5.37. The fourth-order valence-electron chi connectivity index (χ4n) is 1.85. The van der Waals surface area contributed by atoms with E-state index in [0.29, 0.717) is 28.3 Å². The quantitative estimate of drug-likeness (QED) is 0.930. The lowest BCUT2D eigenvalue weighted by Crippen LogP contribution is -2.27. The topological polar surface area (TPSA) is 87.9 Å². The number of H-pyrrole nitrogens is 1. The van der Waals surface area contributed by atoms with Gasteiger partial charge in [0.05, 0.1) is 17.3 Å². The van der Waals surface area contributed by atoms with E-state index in [-0.39, 0.29) is 18.1 Å². The Bertz CT molecular complexity index is 646. The summed E-state index contributed by atoms with van der Waals surface area (Å²) in [5.74, 6) is 1.28. The molecule has 106 valence electrons. The summed E-state index contributed by atoms with van der Waals surface area (Å²) in [6, 6.07) is 0. The maximum atomic E-state index is 12.2. The second-order valence-electron chi connectivity index (χ2n) is 5.00. The van der Waals surface area contributed by atoms with Crippen LogP contribution in [0.4, 0.5) is 0 Å². The molecular weight excluding hydrogens is 282 g/mol. The summed E-state index contributed by atoms with van der Waals surface area (Å²) in [6.07, 6.45) is 2.19. The molecule has 8 heteroatoms. The van der Waals surface area contributed by atoms with Gasteiger partial charge in [0, 0.05) is 13.0 Å². The predicted molar refractivity (Wildman–Crippen MR) is 70.4 cm³/mol. The van der Waals surface area contributed by atoms with Gasteiger partial charge in [0.2, 0.25) is 5.89 Å². The molecule has 0 saturated heterocycles. The van der Waals surface area contributed by atoms with Gasteiger partial charge in [-0.1, -0.05) is 16.8 Å². The Kier molecular flexibility index (Phi) is 3.21. The van der Waals surface area contributed by atoms with Crippen LogP contribution in [0.3, 0.4) is 0 Å². The summed E-state index contributed by atoms with van der Waals surface area (Å²) >= 11 is 6.01. The normalized spacial score (nSPS) is 14.6. The molecule has 1 aliphatic rings. The lowest BCUT2D eigenvalue weighted by atomic mass is 10.3. The fourth-order valence-corrected chi connectivity index (χ4v) is 2.02. The average Bonchev–Trinajstić information content (AvgIpc) is 3.10. The van der Waals surface area contributed by atoms with Crippen LogP contribution in [0.25, 0.3) is 0 Å². The summed E-state index contributed by atoms with van der Waals surface area (Å²) in [5, 5.41) is 10.8. The van der Waals surface area contributed by atoms with Gasteiger partial charge in [-0.3, -0.25) is 9.89 Å². The van der Waals surface area contributed by atoms with Crippen molar-refractivity contribution in [3.05, 3.63) is 28.1 Å². The third-order valence-corrected chi connectivity index (χ3v) is 3.67. The molecular formula is C12H14ClN5O2. The SMILES string of the molecule is Cc1[nH]nc(C(=O)N(C)Cc2noc(C3CC3)n2)c1Cl. The number of amides is 1. The average molecular weight is 296 g/mol. The Labute approximate surface area is 120 Å². The van der Waals surface area contributed by atoms with Crippen LogP contribution in [-0.4, -0.2) is 38.2 Å². The number of carbonyl (C=O) groups excluding carboxylic acids is 1. The number of rotatable bonds is 4. The molecule has 0 atom stereocenters. The lowest BCUT2D eigenvalue weighted by molar-refractivity contribution is 0.0775. The van der Waals surface area contributed by atoms with Crippen molar-refractivity contribution in [3.8, 4) is 0 Å². The molecule has 2 aromatic rings. The van der Waals surface area contributed by atoms with Gasteiger partial charge in [0.25, 0.3) is 5.91 Å². The highest BCUT2D eigenvalue weighted by Crippen LogP contribution is 2.38. The van der Waals surface area contributed by atoms with Crippen LogP contribution in [0.5, 0.6) is 0 Å². The van der Waals surface area contributed by atoms with Crippen LogP contribution < -0.4 is 0 Å². The van der Waals surface area contributed by atoms with E-state index < -0.39 is 0 Å². The molecule has 1 amide bonds. The maximum Gasteiger partial charge on any atom is 0.276 e. The zero-order valence-electron chi connectivity index (χ0n) is 11.2. The van der Waals surface area contributed by atoms with Crippen LogP contribution >= 0.6 is 11.6 Å². The molecule has 0 aliphatic heterocycles. The Balaban J connectivity index is 1.70. The first-order chi connectivity index (χ1) is 9.56. The van der Waals surface area contributed by atoms with Crippen molar-refractivity contribution in [2.45, 2.75) is 32.2 Å². The molecule has 0 bridgehead atoms. The minimum Gasteiger partial charge on any atom is -0.339 e. The third-order valence-electron chi connectivity index (χ3n) is 3.21. The molecule has 0 unspecified atom stereocenters. The van der Waals surface area contributed by atoms with Gasteiger partial charge in [0.1, 0.15) is 0 Å². The zero-order valence-corrected chi connectivity index (χ0v) is 11.9. The number of aromatic nitrogens is 4. The molecule has 3 rings (SSSR count). The third kappa shape index (κ3) is 2.40. The molecule has 20 heavy (non-hydrogen) atoms. The van der Waals surface area contributed by atoms with E-state index in [2.05, 4.69) is 20.3 Å². The molecule has 7 nitrogen and oxygen atoms in total. The van der Waals surface area contributed by atoms with E-state index in [1.807, 2.05) is 0 Å². The second kappa shape index (κ2) is 4.90. The van der Waals surface area contributed by atoms with Crippen LogP contribution in [0.2, 0.25) is 5.02 Å². The number of hydrogen-bond acceptors (Lipinski definition) is 5.